The number of halogens is 3. The van der Waals surface area contributed by atoms with Crippen LogP contribution < -0.4 is 5.32 Å². The molecule has 2 rings (SSSR count). The summed E-state index contributed by atoms with van der Waals surface area (Å²) in [5, 5.41) is 11.6. The summed E-state index contributed by atoms with van der Waals surface area (Å²) in [5.74, 6) is -1.82. The number of carbonyl (C=O) groups excluding carboxylic acids is 1. The number of alkyl halides is 3. The van der Waals surface area contributed by atoms with E-state index in [9.17, 15) is 27.9 Å². The van der Waals surface area contributed by atoms with E-state index in [1.54, 1.807) is 18.2 Å². The maximum absolute atomic E-state index is 12.5. The summed E-state index contributed by atoms with van der Waals surface area (Å²) in [7, 11) is 0. The highest BCUT2D eigenvalue weighted by atomic mass is 19.4. The number of hydrogen-bond donors (Lipinski definition) is 2. The maximum Gasteiger partial charge on any atom is 0.416 e. The first-order chi connectivity index (χ1) is 11.3. The zero-order valence-corrected chi connectivity index (χ0v) is 12.4. The van der Waals surface area contributed by atoms with Crippen LogP contribution in [0.15, 0.2) is 54.6 Å². The predicted molar refractivity (Wildman–Crippen MR) is 80.5 cm³/mol. The highest BCUT2D eigenvalue weighted by Gasteiger charge is 2.30. The monoisotopic (exact) mass is 337 g/mol. The van der Waals surface area contributed by atoms with Crippen LogP contribution in [0, 0.1) is 0 Å². The van der Waals surface area contributed by atoms with Gasteiger partial charge in [-0.3, -0.25) is 4.79 Å². The van der Waals surface area contributed by atoms with Gasteiger partial charge in [0.1, 0.15) is 6.04 Å². The highest BCUT2D eigenvalue weighted by molar-refractivity contribution is 5.96. The van der Waals surface area contributed by atoms with Crippen molar-refractivity contribution in [2.45, 2.75) is 18.6 Å². The van der Waals surface area contributed by atoms with Gasteiger partial charge in [0, 0.05) is 12.0 Å². The Balaban J connectivity index is 2.09. The lowest BCUT2D eigenvalue weighted by Crippen LogP contribution is -2.42. The summed E-state index contributed by atoms with van der Waals surface area (Å²) in [6, 6.07) is 11.0. The van der Waals surface area contributed by atoms with Crippen molar-refractivity contribution in [2.24, 2.45) is 0 Å². The summed E-state index contributed by atoms with van der Waals surface area (Å²) >= 11 is 0. The molecule has 1 amide bonds. The Morgan fingerprint density at radius 2 is 1.58 bits per heavy atom. The summed E-state index contributed by atoms with van der Waals surface area (Å²) in [6.07, 6.45) is -4.57. The van der Waals surface area contributed by atoms with Gasteiger partial charge in [-0.1, -0.05) is 30.3 Å². The Bertz CT molecular complexity index is 712. The predicted octanol–water partition coefficient (Wildman–Crippen LogP) is 3.13. The molecular formula is C17H14F3NO3. The molecule has 0 heterocycles. The SMILES string of the molecule is O=C(NC(Cc1ccc(C(F)(F)F)cc1)C(=O)O)c1ccccc1. The first-order valence-corrected chi connectivity index (χ1v) is 7.02. The van der Waals surface area contributed by atoms with Crippen molar-refractivity contribution >= 4 is 11.9 Å². The molecule has 0 aliphatic heterocycles. The van der Waals surface area contributed by atoms with E-state index in [2.05, 4.69) is 5.32 Å². The normalized spacial score (nSPS) is 12.5. The third kappa shape index (κ3) is 4.58. The van der Waals surface area contributed by atoms with Gasteiger partial charge in [0.25, 0.3) is 5.91 Å². The van der Waals surface area contributed by atoms with Gasteiger partial charge in [-0.2, -0.15) is 13.2 Å². The quantitative estimate of drug-likeness (QED) is 0.881. The number of carboxylic acids is 1. The molecule has 0 saturated heterocycles. The third-order valence-electron chi connectivity index (χ3n) is 3.36. The van der Waals surface area contributed by atoms with E-state index in [0.29, 0.717) is 11.1 Å². The second-order valence-electron chi connectivity index (χ2n) is 5.13. The summed E-state index contributed by atoms with van der Waals surface area (Å²) in [5.41, 5.74) is -0.133. The van der Waals surface area contributed by atoms with Crippen molar-refractivity contribution < 1.29 is 27.9 Å². The minimum Gasteiger partial charge on any atom is -0.480 e. The van der Waals surface area contributed by atoms with Gasteiger partial charge in [-0.05, 0) is 29.8 Å². The Morgan fingerprint density at radius 1 is 1.00 bits per heavy atom. The molecule has 0 spiro atoms. The van der Waals surface area contributed by atoms with Crippen LogP contribution in [0.2, 0.25) is 0 Å². The molecule has 4 nitrogen and oxygen atoms in total. The zero-order chi connectivity index (χ0) is 17.7. The fourth-order valence-corrected chi connectivity index (χ4v) is 2.10. The van der Waals surface area contributed by atoms with Gasteiger partial charge in [0.05, 0.1) is 5.56 Å². The summed E-state index contributed by atoms with van der Waals surface area (Å²) < 4.78 is 37.6. The van der Waals surface area contributed by atoms with E-state index < -0.39 is 29.7 Å². The Hall–Kier alpha value is -2.83. The van der Waals surface area contributed by atoms with Crippen molar-refractivity contribution in [3.05, 3.63) is 71.3 Å². The van der Waals surface area contributed by atoms with Crippen LogP contribution in [0.1, 0.15) is 21.5 Å². The van der Waals surface area contributed by atoms with E-state index >= 15 is 0 Å². The average molecular weight is 337 g/mol. The molecule has 0 fully saturated rings. The average Bonchev–Trinajstić information content (AvgIpc) is 2.54. The molecule has 126 valence electrons. The first kappa shape index (κ1) is 17.5. The molecule has 0 bridgehead atoms. The lowest BCUT2D eigenvalue weighted by molar-refractivity contribution is -0.139. The van der Waals surface area contributed by atoms with Crippen LogP contribution in [-0.2, 0) is 17.4 Å². The van der Waals surface area contributed by atoms with E-state index in [-0.39, 0.29) is 6.42 Å². The minimum atomic E-state index is -4.45. The lowest BCUT2D eigenvalue weighted by Gasteiger charge is -2.15. The molecular weight excluding hydrogens is 323 g/mol. The Labute approximate surface area is 135 Å². The summed E-state index contributed by atoms with van der Waals surface area (Å²) in [4.78, 5) is 23.3. The smallest absolute Gasteiger partial charge is 0.416 e. The van der Waals surface area contributed by atoms with E-state index in [1.165, 1.54) is 24.3 Å². The van der Waals surface area contributed by atoms with Crippen molar-refractivity contribution in [3.63, 3.8) is 0 Å². The molecule has 0 saturated carbocycles. The molecule has 1 unspecified atom stereocenters. The van der Waals surface area contributed by atoms with Gasteiger partial charge in [-0.15, -0.1) is 0 Å². The van der Waals surface area contributed by atoms with Crippen LogP contribution in [0.4, 0.5) is 13.2 Å². The third-order valence-corrected chi connectivity index (χ3v) is 3.36. The van der Waals surface area contributed by atoms with E-state index in [0.717, 1.165) is 12.1 Å². The van der Waals surface area contributed by atoms with Crippen molar-refractivity contribution in [3.8, 4) is 0 Å². The largest absolute Gasteiger partial charge is 0.480 e. The van der Waals surface area contributed by atoms with Crippen molar-refractivity contribution in [1.82, 2.24) is 5.32 Å². The van der Waals surface area contributed by atoms with E-state index in [4.69, 9.17) is 0 Å². The molecule has 2 N–H and O–H groups in total. The topological polar surface area (TPSA) is 66.4 Å². The van der Waals surface area contributed by atoms with Crippen LogP contribution in [-0.4, -0.2) is 23.0 Å². The van der Waals surface area contributed by atoms with Gasteiger partial charge in [0.2, 0.25) is 0 Å². The van der Waals surface area contributed by atoms with Crippen LogP contribution in [0.3, 0.4) is 0 Å². The Kier molecular flexibility index (Phi) is 5.23. The van der Waals surface area contributed by atoms with Gasteiger partial charge < -0.3 is 10.4 Å². The fraction of sp³-hybridized carbons (Fsp3) is 0.176. The molecule has 1 atom stereocenters. The molecule has 0 aliphatic carbocycles. The molecule has 2 aromatic carbocycles. The first-order valence-electron chi connectivity index (χ1n) is 7.02. The number of rotatable bonds is 5. The number of carbonyl (C=O) groups is 2. The molecule has 2 aromatic rings. The van der Waals surface area contributed by atoms with Gasteiger partial charge in [0.15, 0.2) is 0 Å². The molecule has 0 radical (unpaired) electrons. The highest BCUT2D eigenvalue weighted by Crippen LogP contribution is 2.29. The molecule has 0 aliphatic rings. The number of carboxylic acid groups (broad SMARTS) is 1. The lowest BCUT2D eigenvalue weighted by atomic mass is 10.0. The van der Waals surface area contributed by atoms with Gasteiger partial charge in [-0.25, -0.2) is 4.79 Å². The fourth-order valence-electron chi connectivity index (χ4n) is 2.10. The van der Waals surface area contributed by atoms with E-state index in [1.807, 2.05) is 0 Å². The zero-order valence-electron chi connectivity index (χ0n) is 12.4. The number of nitrogens with one attached hydrogen (secondary N) is 1. The second-order valence-corrected chi connectivity index (χ2v) is 5.13. The number of hydrogen-bond acceptors (Lipinski definition) is 2. The minimum absolute atomic E-state index is 0.119. The number of amides is 1. The number of aliphatic carboxylic acids is 1. The van der Waals surface area contributed by atoms with Crippen LogP contribution >= 0.6 is 0 Å². The van der Waals surface area contributed by atoms with Crippen molar-refractivity contribution in [1.29, 1.82) is 0 Å². The van der Waals surface area contributed by atoms with Gasteiger partial charge >= 0.3 is 12.1 Å². The molecule has 7 heteroatoms. The second kappa shape index (κ2) is 7.16. The maximum atomic E-state index is 12.5. The Morgan fingerprint density at radius 3 is 2.08 bits per heavy atom. The summed E-state index contributed by atoms with van der Waals surface area (Å²) in [6.45, 7) is 0. The standard InChI is InChI=1S/C17H14F3NO3/c18-17(19,20)13-8-6-11(7-9-13)10-14(16(23)24)21-15(22)12-4-2-1-3-5-12/h1-9,14H,10H2,(H,21,22)(H,23,24). The van der Waals surface area contributed by atoms with Crippen molar-refractivity contribution in [2.75, 3.05) is 0 Å². The van der Waals surface area contributed by atoms with Crippen LogP contribution in [0.5, 0.6) is 0 Å². The molecule has 24 heavy (non-hydrogen) atoms. The van der Waals surface area contributed by atoms with Crippen LogP contribution in [0.25, 0.3) is 0 Å². The number of benzene rings is 2. The molecule has 0 aromatic heterocycles.